The van der Waals surface area contributed by atoms with Crippen LogP contribution in [0.15, 0.2) is 42.5 Å². The van der Waals surface area contributed by atoms with E-state index in [4.69, 9.17) is 25.8 Å². The van der Waals surface area contributed by atoms with Crippen molar-refractivity contribution < 1.29 is 28.9 Å². The summed E-state index contributed by atoms with van der Waals surface area (Å²) in [7, 11) is 0. The van der Waals surface area contributed by atoms with Gasteiger partial charge in [0.1, 0.15) is 18.1 Å². The minimum absolute atomic E-state index is 0.0386. The molecule has 0 saturated heterocycles. The first-order chi connectivity index (χ1) is 20.4. The zero-order valence-corrected chi connectivity index (χ0v) is 26.5. The van der Waals surface area contributed by atoms with Crippen LogP contribution >= 0.6 is 11.6 Å². The average molecular weight is 603 g/mol. The molecule has 6 nitrogen and oxygen atoms in total. The van der Waals surface area contributed by atoms with Gasteiger partial charge in [-0.1, -0.05) is 115 Å². The standard InChI is InChI=1S/C35H51ClO6/c1-3-5-7-9-10-11-12-13-15-17-25-40-33-24-21-29(26-32(33)36)35(39)42-31-22-19-28(20-23-31)34(38)41-27-30(37)18-16-14-8-6-4-2/h19-24,26,30,37H,3-18,25,27H2,1-2H3. The van der Waals surface area contributed by atoms with Crippen molar-refractivity contribution in [2.45, 2.75) is 123 Å². The maximum absolute atomic E-state index is 12.6. The highest BCUT2D eigenvalue weighted by molar-refractivity contribution is 6.32. The summed E-state index contributed by atoms with van der Waals surface area (Å²) in [5, 5.41) is 10.4. The molecule has 2 rings (SSSR count). The van der Waals surface area contributed by atoms with Gasteiger partial charge in [-0.15, -0.1) is 0 Å². The molecular formula is C35H51ClO6. The van der Waals surface area contributed by atoms with Gasteiger partial charge < -0.3 is 19.3 Å². The van der Waals surface area contributed by atoms with E-state index in [2.05, 4.69) is 13.8 Å². The lowest BCUT2D eigenvalue weighted by atomic mass is 10.1. The van der Waals surface area contributed by atoms with Crippen molar-refractivity contribution >= 4 is 23.5 Å². The number of unbranched alkanes of at least 4 members (excludes halogenated alkanes) is 13. The Bertz CT molecular complexity index is 1020. The molecule has 2 aromatic rings. The Labute approximate surface area is 258 Å². The predicted molar refractivity (Wildman–Crippen MR) is 170 cm³/mol. The molecule has 0 aliphatic heterocycles. The molecule has 1 N–H and O–H groups in total. The van der Waals surface area contributed by atoms with Crippen molar-refractivity contribution in [3.8, 4) is 11.5 Å². The van der Waals surface area contributed by atoms with Crippen molar-refractivity contribution in [3.05, 3.63) is 58.6 Å². The Balaban J connectivity index is 1.67. The monoisotopic (exact) mass is 602 g/mol. The third-order valence-electron chi connectivity index (χ3n) is 7.27. The SMILES string of the molecule is CCCCCCCCCCCCOc1ccc(C(=O)Oc2ccc(C(=O)OCC(O)CCCCCCC)cc2)cc1Cl. The van der Waals surface area contributed by atoms with E-state index in [-0.39, 0.29) is 6.61 Å². The number of hydrogen-bond acceptors (Lipinski definition) is 6. The zero-order valence-electron chi connectivity index (χ0n) is 25.7. The van der Waals surface area contributed by atoms with Crippen LogP contribution in [0.1, 0.15) is 137 Å². The van der Waals surface area contributed by atoms with E-state index in [1.54, 1.807) is 18.2 Å². The van der Waals surface area contributed by atoms with E-state index in [0.29, 0.717) is 40.7 Å². The number of halogens is 1. The van der Waals surface area contributed by atoms with E-state index in [9.17, 15) is 14.7 Å². The third kappa shape index (κ3) is 15.1. The van der Waals surface area contributed by atoms with Crippen LogP contribution in [0.3, 0.4) is 0 Å². The summed E-state index contributed by atoms with van der Waals surface area (Å²) in [6.07, 6.45) is 18.1. The van der Waals surface area contributed by atoms with Gasteiger partial charge >= 0.3 is 11.9 Å². The molecule has 1 unspecified atom stereocenters. The van der Waals surface area contributed by atoms with Gasteiger partial charge in [0.2, 0.25) is 0 Å². The third-order valence-corrected chi connectivity index (χ3v) is 7.57. The highest BCUT2D eigenvalue weighted by atomic mass is 35.5. The summed E-state index contributed by atoms with van der Waals surface area (Å²) in [4.78, 5) is 25.0. The van der Waals surface area contributed by atoms with Crippen molar-refractivity contribution in [3.63, 3.8) is 0 Å². The van der Waals surface area contributed by atoms with Crippen LogP contribution in [-0.4, -0.2) is 36.4 Å². The topological polar surface area (TPSA) is 82.1 Å². The fraction of sp³-hybridized carbons (Fsp3) is 0.600. The van der Waals surface area contributed by atoms with Crippen molar-refractivity contribution in [2.24, 2.45) is 0 Å². The van der Waals surface area contributed by atoms with Gasteiger partial charge in [-0.3, -0.25) is 0 Å². The normalized spacial score (nSPS) is 11.7. The molecule has 0 aliphatic carbocycles. The minimum atomic E-state index is -0.667. The predicted octanol–water partition coefficient (Wildman–Crippen LogP) is 9.74. The lowest BCUT2D eigenvalue weighted by Crippen LogP contribution is -2.18. The number of carbonyl (C=O) groups excluding carboxylic acids is 2. The molecule has 0 bridgehead atoms. The molecule has 0 aromatic heterocycles. The second-order valence-electron chi connectivity index (χ2n) is 11.0. The van der Waals surface area contributed by atoms with Crippen LogP contribution in [0, 0.1) is 0 Å². The zero-order chi connectivity index (χ0) is 30.4. The molecule has 2 aromatic carbocycles. The van der Waals surface area contributed by atoms with Crippen LogP contribution in [-0.2, 0) is 4.74 Å². The number of aliphatic hydroxyl groups excluding tert-OH is 1. The summed E-state index contributed by atoms with van der Waals surface area (Å²) >= 11 is 6.36. The summed E-state index contributed by atoms with van der Waals surface area (Å²) in [6, 6.07) is 11.0. The first-order valence-electron chi connectivity index (χ1n) is 16.0. The first-order valence-corrected chi connectivity index (χ1v) is 16.4. The maximum atomic E-state index is 12.6. The van der Waals surface area contributed by atoms with Crippen LogP contribution < -0.4 is 9.47 Å². The second-order valence-corrected chi connectivity index (χ2v) is 11.5. The summed E-state index contributed by atoms with van der Waals surface area (Å²) < 4.78 is 16.5. The molecule has 0 saturated carbocycles. The average Bonchev–Trinajstić information content (AvgIpc) is 2.99. The van der Waals surface area contributed by atoms with E-state index < -0.39 is 18.0 Å². The number of hydrogen-bond donors (Lipinski definition) is 1. The lowest BCUT2D eigenvalue weighted by molar-refractivity contribution is 0.0232. The highest BCUT2D eigenvalue weighted by Crippen LogP contribution is 2.27. The number of ether oxygens (including phenoxy) is 3. The van der Waals surface area contributed by atoms with Crippen LogP contribution in [0.2, 0.25) is 5.02 Å². The Hall–Kier alpha value is -2.57. The van der Waals surface area contributed by atoms with Gasteiger partial charge in [0.05, 0.1) is 28.9 Å². The van der Waals surface area contributed by atoms with Crippen molar-refractivity contribution in [1.29, 1.82) is 0 Å². The fourth-order valence-electron chi connectivity index (χ4n) is 4.66. The van der Waals surface area contributed by atoms with Gasteiger partial charge in [0.25, 0.3) is 0 Å². The number of esters is 2. The van der Waals surface area contributed by atoms with Gasteiger partial charge in [-0.2, -0.15) is 0 Å². The van der Waals surface area contributed by atoms with Gasteiger partial charge in [-0.05, 0) is 55.3 Å². The smallest absolute Gasteiger partial charge is 0.343 e. The molecule has 42 heavy (non-hydrogen) atoms. The Morgan fingerprint density at radius 2 is 1.26 bits per heavy atom. The fourth-order valence-corrected chi connectivity index (χ4v) is 4.90. The molecule has 0 aliphatic rings. The molecule has 0 spiro atoms. The Morgan fingerprint density at radius 3 is 1.86 bits per heavy atom. The number of benzene rings is 2. The van der Waals surface area contributed by atoms with Crippen molar-refractivity contribution in [2.75, 3.05) is 13.2 Å². The quantitative estimate of drug-likeness (QED) is 0.0774. The van der Waals surface area contributed by atoms with Crippen LogP contribution in [0.4, 0.5) is 0 Å². The molecule has 0 heterocycles. The van der Waals surface area contributed by atoms with E-state index in [1.807, 2.05) is 0 Å². The maximum Gasteiger partial charge on any atom is 0.343 e. The lowest BCUT2D eigenvalue weighted by Gasteiger charge is -2.12. The van der Waals surface area contributed by atoms with Gasteiger partial charge in [0.15, 0.2) is 0 Å². The molecule has 7 heteroatoms. The molecule has 234 valence electrons. The van der Waals surface area contributed by atoms with Gasteiger partial charge in [-0.25, -0.2) is 9.59 Å². The molecule has 1 atom stereocenters. The van der Waals surface area contributed by atoms with Crippen LogP contribution in [0.25, 0.3) is 0 Å². The first kappa shape index (κ1) is 35.6. The number of carbonyl (C=O) groups is 2. The van der Waals surface area contributed by atoms with Gasteiger partial charge in [0, 0.05) is 0 Å². The molecule has 0 radical (unpaired) electrons. The summed E-state index contributed by atoms with van der Waals surface area (Å²) in [5.41, 5.74) is 0.621. The molecular weight excluding hydrogens is 552 g/mol. The molecule has 0 amide bonds. The summed E-state index contributed by atoms with van der Waals surface area (Å²) in [5.74, 6) is -0.247. The number of aliphatic hydroxyl groups is 1. The van der Waals surface area contributed by atoms with E-state index >= 15 is 0 Å². The summed E-state index contributed by atoms with van der Waals surface area (Å²) in [6.45, 7) is 4.96. The second kappa shape index (κ2) is 22.0. The Kier molecular flexibility index (Phi) is 18.7. The number of rotatable bonds is 23. The Morgan fingerprint density at radius 1 is 0.714 bits per heavy atom. The largest absolute Gasteiger partial charge is 0.492 e. The van der Waals surface area contributed by atoms with E-state index in [1.165, 1.54) is 88.5 Å². The molecule has 0 fully saturated rings. The van der Waals surface area contributed by atoms with E-state index in [0.717, 1.165) is 32.1 Å². The minimum Gasteiger partial charge on any atom is -0.492 e. The highest BCUT2D eigenvalue weighted by Gasteiger charge is 2.14. The van der Waals surface area contributed by atoms with Crippen LogP contribution in [0.5, 0.6) is 11.5 Å². The van der Waals surface area contributed by atoms with Crippen molar-refractivity contribution in [1.82, 2.24) is 0 Å².